The molecule has 7 nitrogen and oxygen atoms in total. The number of Topliss-reactive ketones (excluding diaryl/α,β-unsaturated/α-hetero) is 1. The van der Waals surface area contributed by atoms with Gasteiger partial charge in [0.25, 0.3) is 11.7 Å². The molecule has 0 bridgehead atoms. The number of carboxylic acids is 1. The van der Waals surface area contributed by atoms with Gasteiger partial charge in [-0.2, -0.15) is 0 Å². The number of carbonyl (C=O) groups excluding carboxylic acids is 2. The van der Waals surface area contributed by atoms with Crippen LogP contribution in [-0.2, 0) is 27.2 Å². The van der Waals surface area contributed by atoms with Gasteiger partial charge in [-0.3, -0.25) is 19.3 Å². The monoisotopic (exact) mass is 513 g/mol. The molecule has 4 rings (SSSR count). The number of amides is 1. The van der Waals surface area contributed by atoms with E-state index in [2.05, 4.69) is 0 Å². The first-order chi connectivity index (χ1) is 18.2. The molecule has 1 amide bonds. The Labute approximate surface area is 222 Å². The van der Waals surface area contributed by atoms with Gasteiger partial charge < -0.3 is 14.9 Å². The highest BCUT2D eigenvalue weighted by Gasteiger charge is 2.47. The molecule has 1 atom stereocenters. The van der Waals surface area contributed by atoms with E-state index in [0.29, 0.717) is 40.7 Å². The molecule has 0 aromatic heterocycles. The second kappa shape index (κ2) is 11.3. The van der Waals surface area contributed by atoms with Crippen molar-refractivity contribution in [2.45, 2.75) is 39.7 Å². The van der Waals surface area contributed by atoms with Crippen LogP contribution < -0.4 is 9.64 Å². The van der Waals surface area contributed by atoms with Gasteiger partial charge in [-0.05, 0) is 53.3 Å². The Morgan fingerprint density at radius 1 is 0.947 bits per heavy atom. The molecule has 0 spiro atoms. The Morgan fingerprint density at radius 3 is 2.21 bits per heavy atom. The number of aliphatic carboxylic acids is 1. The topological polar surface area (TPSA) is 104 Å². The summed E-state index contributed by atoms with van der Waals surface area (Å²) in [6.07, 6.45) is 0.672. The molecule has 196 valence electrons. The maximum atomic E-state index is 13.4. The minimum absolute atomic E-state index is 0.0186. The Morgan fingerprint density at radius 2 is 1.61 bits per heavy atom. The molecule has 1 aliphatic heterocycles. The number of rotatable bonds is 9. The predicted octanol–water partition coefficient (Wildman–Crippen LogP) is 5.54. The number of aryl methyl sites for hydroxylation is 1. The minimum Gasteiger partial charge on any atom is -0.507 e. The van der Waals surface area contributed by atoms with Crippen LogP contribution in [-0.4, -0.2) is 34.5 Å². The summed E-state index contributed by atoms with van der Waals surface area (Å²) < 4.78 is 5.80. The van der Waals surface area contributed by atoms with Crippen LogP contribution in [0.3, 0.4) is 0 Å². The maximum Gasteiger partial charge on any atom is 0.307 e. The normalized spacial score (nSPS) is 16.7. The van der Waals surface area contributed by atoms with Crippen LogP contribution in [0.1, 0.15) is 49.1 Å². The second-order valence-electron chi connectivity index (χ2n) is 9.73. The molecular weight excluding hydrogens is 482 g/mol. The van der Waals surface area contributed by atoms with E-state index < -0.39 is 23.7 Å². The van der Waals surface area contributed by atoms with E-state index in [1.807, 2.05) is 45.0 Å². The van der Waals surface area contributed by atoms with E-state index in [9.17, 15) is 19.5 Å². The highest BCUT2D eigenvalue weighted by atomic mass is 16.5. The molecule has 1 heterocycles. The first-order valence-corrected chi connectivity index (χ1v) is 12.6. The Hall–Kier alpha value is -4.39. The summed E-state index contributed by atoms with van der Waals surface area (Å²) >= 11 is 0. The summed E-state index contributed by atoms with van der Waals surface area (Å²) in [5.41, 5.74) is 3.12. The SMILES string of the molecule is CCc1ccc(C2/C(=C(/O)c3cccc(OCC(C)C)c3)C(=O)C(=O)N2c2ccc(CC(=O)O)cc2)cc1. The smallest absolute Gasteiger partial charge is 0.307 e. The van der Waals surface area contributed by atoms with Gasteiger partial charge in [-0.15, -0.1) is 0 Å². The lowest BCUT2D eigenvalue weighted by molar-refractivity contribution is -0.136. The van der Waals surface area contributed by atoms with E-state index in [0.717, 1.165) is 12.0 Å². The fourth-order valence-electron chi connectivity index (χ4n) is 4.45. The highest BCUT2D eigenvalue weighted by Crippen LogP contribution is 2.42. The number of carboxylic acid groups (broad SMARTS) is 1. The Balaban J connectivity index is 1.82. The quantitative estimate of drug-likeness (QED) is 0.221. The van der Waals surface area contributed by atoms with Crippen LogP contribution in [0.25, 0.3) is 5.76 Å². The fraction of sp³-hybridized carbons (Fsp3) is 0.258. The van der Waals surface area contributed by atoms with Gasteiger partial charge in [-0.1, -0.05) is 69.3 Å². The van der Waals surface area contributed by atoms with E-state index in [1.165, 1.54) is 4.90 Å². The fourth-order valence-corrected chi connectivity index (χ4v) is 4.45. The van der Waals surface area contributed by atoms with Crippen LogP contribution in [0.2, 0.25) is 0 Å². The molecule has 0 saturated carbocycles. The summed E-state index contributed by atoms with van der Waals surface area (Å²) in [5, 5.41) is 20.5. The molecule has 1 fully saturated rings. The van der Waals surface area contributed by atoms with Crippen molar-refractivity contribution >= 4 is 29.1 Å². The summed E-state index contributed by atoms with van der Waals surface area (Å²) in [6.45, 7) is 6.59. The number of anilines is 1. The van der Waals surface area contributed by atoms with E-state index in [4.69, 9.17) is 9.84 Å². The van der Waals surface area contributed by atoms with Crippen molar-refractivity contribution in [1.82, 2.24) is 0 Å². The van der Waals surface area contributed by atoms with Crippen molar-refractivity contribution in [3.8, 4) is 5.75 Å². The lowest BCUT2D eigenvalue weighted by atomic mass is 9.94. The van der Waals surface area contributed by atoms with Gasteiger partial charge in [0, 0.05) is 11.3 Å². The van der Waals surface area contributed by atoms with Crippen molar-refractivity contribution in [1.29, 1.82) is 0 Å². The third kappa shape index (κ3) is 5.62. The standard InChI is InChI=1S/C31H31NO6/c1-4-20-8-12-22(13-9-20)28-27(29(35)23-6-5-7-25(17-23)38-18-19(2)3)30(36)31(37)32(28)24-14-10-21(11-15-24)16-26(33)34/h5-15,17,19,28,35H,4,16,18H2,1-3H3,(H,33,34)/b29-27-. The molecule has 3 aromatic rings. The van der Waals surface area contributed by atoms with E-state index in [1.54, 1.807) is 48.5 Å². The van der Waals surface area contributed by atoms with Crippen LogP contribution in [0.4, 0.5) is 5.69 Å². The molecule has 38 heavy (non-hydrogen) atoms. The maximum absolute atomic E-state index is 13.4. The number of ether oxygens (including phenoxy) is 1. The van der Waals surface area contributed by atoms with E-state index in [-0.39, 0.29) is 17.8 Å². The molecule has 7 heteroatoms. The zero-order valence-electron chi connectivity index (χ0n) is 21.7. The summed E-state index contributed by atoms with van der Waals surface area (Å²) in [5.74, 6) is -1.95. The third-order valence-corrected chi connectivity index (χ3v) is 6.41. The number of aliphatic hydroxyl groups excluding tert-OH is 1. The molecule has 1 unspecified atom stereocenters. The number of ketones is 1. The average molecular weight is 514 g/mol. The van der Waals surface area contributed by atoms with Crippen molar-refractivity contribution in [2.75, 3.05) is 11.5 Å². The average Bonchev–Trinajstić information content (AvgIpc) is 3.17. The van der Waals surface area contributed by atoms with Gasteiger partial charge in [0.2, 0.25) is 0 Å². The van der Waals surface area contributed by atoms with E-state index >= 15 is 0 Å². The number of carbonyl (C=O) groups is 3. The first-order valence-electron chi connectivity index (χ1n) is 12.6. The summed E-state index contributed by atoms with van der Waals surface area (Å²) in [4.78, 5) is 39.2. The van der Waals surface area contributed by atoms with Crippen LogP contribution in [0.15, 0.2) is 78.4 Å². The number of benzene rings is 3. The van der Waals surface area contributed by atoms with Crippen molar-refractivity contribution in [2.24, 2.45) is 5.92 Å². The molecular formula is C31H31NO6. The molecule has 1 saturated heterocycles. The Bertz CT molecular complexity index is 1370. The van der Waals surface area contributed by atoms with Crippen LogP contribution in [0.5, 0.6) is 5.75 Å². The highest BCUT2D eigenvalue weighted by molar-refractivity contribution is 6.51. The lowest BCUT2D eigenvalue weighted by Gasteiger charge is -2.26. The number of nitrogens with zero attached hydrogens (tertiary/aromatic N) is 1. The number of hydrogen-bond acceptors (Lipinski definition) is 5. The van der Waals surface area contributed by atoms with Crippen molar-refractivity contribution < 1.29 is 29.3 Å². The summed E-state index contributed by atoms with van der Waals surface area (Å²) in [7, 11) is 0. The van der Waals surface area contributed by atoms with Crippen LogP contribution >= 0.6 is 0 Å². The molecule has 0 radical (unpaired) electrons. The van der Waals surface area contributed by atoms with Gasteiger partial charge in [0.15, 0.2) is 0 Å². The molecule has 0 aliphatic carbocycles. The largest absolute Gasteiger partial charge is 0.507 e. The van der Waals surface area contributed by atoms with Gasteiger partial charge in [0.1, 0.15) is 11.5 Å². The van der Waals surface area contributed by atoms with Crippen molar-refractivity contribution in [3.05, 3.63) is 101 Å². The Kier molecular flexibility index (Phi) is 7.96. The first kappa shape index (κ1) is 26.7. The lowest BCUT2D eigenvalue weighted by Crippen LogP contribution is -2.29. The summed E-state index contributed by atoms with van der Waals surface area (Å²) in [6, 6.07) is 20.0. The second-order valence-corrected chi connectivity index (χ2v) is 9.73. The van der Waals surface area contributed by atoms with Crippen LogP contribution in [0, 0.1) is 5.92 Å². The molecule has 3 aromatic carbocycles. The van der Waals surface area contributed by atoms with Gasteiger partial charge in [0.05, 0.1) is 24.6 Å². The minimum atomic E-state index is -0.964. The number of aliphatic hydroxyl groups is 1. The zero-order chi connectivity index (χ0) is 27.4. The zero-order valence-corrected chi connectivity index (χ0v) is 21.7. The van der Waals surface area contributed by atoms with Gasteiger partial charge >= 0.3 is 5.97 Å². The molecule has 2 N–H and O–H groups in total. The number of hydrogen-bond donors (Lipinski definition) is 2. The van der Waals surface area contributed by atoms with Gasteiger partial charge in [-0.25, -0.2) is 0 Å². The predicted molar refractivity (Wildman–Crippen MR) is 145 cm³/mol. The van der Waals surface area contributed by atoms with Crippen molar-refractivity contribution in [3.63, 3.8) is 0 Å². The third-order valence-electron chi connectivity index (χ3n) is 6.41. The molecule has 1 aliphatic rings.